The molecule has 0 saturated carbocycles. The molecule has 92 valence electrons. The van der Waals surface area contributed by atoms with Crippen LogP contribution in [0.15, 0.2) is 60.8 Å². The van der Waals surface area contributed by atoms with Gasteiger partial charge in [0.15, 0.2) is 0 Å². The van der Waals surface area contributed by atoms with E-state index in [-0.39, 0.29) is 5.92 Å². The molecule has 3 rings (SSSR count). The molecule has 1 heteroatoms. The largest absolute Gasteiger partial charge is 0.350 e. The molecule has 1 aromatic heterocycles. The first kappa shape index (κ1) is 11.6. The molecule has 1 heterocycles. The zero-order valence-corrected chi connectivity index (χ0v) is 10.9. The Morgan fingerprint density at radius 3 is 2.42 bits per heavy atom. The van der Waals surface area contributed by atoms with Crippen LogP contribution in [-0.4, -0.2) is 4.57 Å². The Kier molecular flexibility index (Phi) is 2.85. The minimum atomic E-state index is 0.00676. The first-order valence-electron chi connectivity index (χ1n) is 6.36. The van der Waals surface area contributed by atoms with Crippen LogP contribution in [0.5, 0.6) is 0 Å². The van der Waals surface area contributed by atoms with Crippen molar-refractivity contribution >= 4 is 10.9 Å². The first-order valence-corrected chi connectivity index (χ1v) is 6.36. The summed E-state index contributed by atoms with van der Waals surface area (Å²) in [5.74, 6) is 2.93. The second-order valence-corrected chi connectivity index (χ2v) is 4.72. The third-order valence-corrected chi connectivity index (χ3v) is 3.54. The number of fused-ring (bicyclic) bond motifs is 1. The Balaban J connectivity index is 2.21. The summed E-state index contributed by atoms with van der Waals surface area (Å²) in [4.78, 5) is 0. The van der Waals surface area contributed by atoms with Gasteiger partial charge in [0.1, 0.15) is 0 Å². The van der Waals surface area contributed by atoms with Crippen molar-refractivity contribution in [1.82, 2.24) is 4.57 Å². The number of aryl methyl sites for hydroxylation is 1. The molecule has 0 saturated heterocycles. The fraction of sp³-hybridized carbons (Fsp3) is 0.111. The maximum Gasteiger partial charge on any atom is 0.0720 e. The van der Waals surface area contributed by atoms with Crippen molar-refractivity contribution in [2.45, 2.75) is 5.92 Å². The van der Waals surface area contributed by atoms with Crippen LogP contribution < -0.4 is 0 Å². The highest BCUT2D eigenvalue weighted by Gasteiger charge is 2.16. The lowest BCUT2D eigenvalue weighted by atomic mass is 9.92. The smallest absolute Gasteiger partial charge is 0.0720 e. The molecule has 0 bridgehead atoms. The van der Waals surface area contributed by atoms with E-state index in [4.69, 9.17) is 6.42 Å². The summed E-state index contributed by atoms with van der Waals surface area (Å²) in [7, 11) is 2.06. The van der Waals surface area contributed by atoms with Crippen LogP contribution in [0.3, 0.4) is 0 Å². The van der Waals surface area contributed by atoms with Crippen molar-refractivity contribution in [3.05, 3.63) is 71.9 Å². The van der Waals surface area contributed by atoms with Gasteiger partial charge in [-0.1, -0.05) is 54.5 Å². The minimum Gasteiger partial charge on any atom is -0.350 e. The molecule has 1 nitrogen and oxygen atoms in total. The average Bonchev–Trinajstić information content (AvgIpc) is 2.79. The number of hydrogen-bond donors (Lipinski definition) is 0. The first-order chi connectivity index (χ1) is 9.31. The van der Waals surface area contributed by atoms with Crippen LogP contribution in [0.4, 0.5) is 0 Å². The van der Waals surface area contributed by atoms with E-state index in [1.807, 2.05) is 18.2 Å². The van der Waals surface area contributed by atoms with Crippen LogP contribution >= 0.6 is 0 Å². The molecule has 0 spiro atoms. The maximum absolute atomic E-state index is 5.78. The molecule has 19 heavy (non-hydrogen) atoms. The molecule has 0 aliphatic carbocycles. The van der Waals surface area contributed by atoms with E-state index in [9.17, 15) is 0 Å². The van der Waals surface area contributed by atoms with Crippen molar-refractivity contribution in [3.8, 4) is 12.3 Å². The molecule has 0 amide bonds. The third kappa shape index (κ3) is 1.92. The highest BCUT2D eigenvalue weighted by molar-refractivity contribution is 5.85. The summed E-state index contributed by atoms with van der Waals surface area (Å²) in [5.41, 5.74) is 3.59. The van der Waals surface area contributed by atoms with Crippen molar-refractivity contribution in [1.29, 1.82) is 0 Å². The molecule has 0 N–H and O–H groups in total. The van der Waals surface area contributed by atoms with E-state index in [0.717, 1.165) is 0 Å². The van der Waals surface area contributed by atoms with Gasteiger partial charge in [0.2, 0.25) is 0 Å². The number of aromatic nitrogens is 1. The SMILES string of the molecule is C#CC(c1ccccc1)c1cn(C)c2ccccc12. The molecule has 0 aliphatic heterocycles. The van der Waals surface area contributed by atoms with Crippen molar-refractivity contribution < 1.29 is 0 Å². The molecule has 0 radical (unpaired) electrons. The monoisotopic (exact) mass is 245 g/mol. The van der Waals surface area contributed by atoms with Gasteiger partial charge in [-0.3, -0.25) is 0 Å². The van der Waals surface area contributed by atoms with Crippen LogP contribution in [0.2, 0.25) is 0 Å². The van der Waals surface area contributed by atoms with Gasteiger partial charge < -0.3 is 4.57 Å². The van der Waals surface area contributed by atoms with E-state index < -0.39 is 0 Å². The van der Waals surface area contributed by atoms with Crippen LogP contribution in [-0.2, 0) is 7.05 Å². The van der Waals surface area contributed by atoms with Gasteiger partial charge in [-0.15, -0.1) is 6.42 Å². The zero-order valence-electron chi connectivity index (χ0n) is 10.9. The zero-order chi connectivity index (χ0) is 13.2. The average molecular weight is 245 g/mol. The Labute approximate surface area is 113 Å². The third-order valence-electron chi connectivity index (χ3n) is 3.54. The van der Waals surface area contributed by atoms with E-state index >= 15 is 0 Å². The van der Waals surface area contributed by atoms with Gasteiger partial charge >= 0.3 is 0 Å². The second kappa shape index (κ2) is 4.66. The quantitative estimate of drug-likeness (QED) is 0.603. The molecule has 0 aliphatic rings. The Morgan fingerprint density at radius 1 is 1.00 bits per heavy atom. The van der Waals surface area contributed by atoms with Crippen LogP contribution in [0, 0.1) is 12.3 Å². The van der Waals surface area contributed by atoms with E-state index in [0.29, 0.717) is 0 Å². The predicted molar refractivity (Wildman–Crippen MR) is 80.0 cm³/mol. The van der Waals surface area contributed by atoms with Gasteiger partial charge in [0, 0.05) is 24.1 Å². The maximum atomic E-state index is 5.78. The van der Waals surface area contributed by atoms with Crippen LogP contribution in [0.1, 0.15) is 17.0 Å². The van der Waals surface area contributed by atoms with Gasteiger partial charge in [0.05, 0.1) is 5.92 Å². The number of nitrogens with zero attached hydrogens (tertiary/aromatic N) is 1. The van der Waals surface area contributed by atoms with Gasteiger partial charge in [-0.25, -0.2) is 0 Å². The summed E-state index contributed by atoms with van der Waals surface area (Å²) >= 11 is 0. The molecule has 0 fully saturated rings. The summed E-state index contributed by atoms with van der Waals surface area (Å²) in [6.07, 6.45) is 7.92. The minimum absolute atomic E-state index is 0.00676. The number of para-hydroxylation sites is 1. The summed E-state index contributed by atoms with van der Waals surface area (Å²) in [6, 6.07) is 18.6. The fourth-order valence-corrected chi connectivity index (χ4v) is 2.61. The Hall–Kier alpha value is -2.46. The number of benzene rings is 2. The highest BCUT2D eigenvalue weighted by atomic mass is 14.9. The van der Waals surface area contributed by atoms with E-state index in [1.54, 1.807) is 0 Å². The molecular formula is C18H15N. The summed E-state index contributed by atoms with van der Waals surface area (Å²) < 4.78 is 2.14. The second-order valence-electron chi connectivity index (χ2n) is 4.72. The Morgan fingerprint density at radius 2 is 1.68 bits per heavy atom. The molecule has 3 aromatic rings. The number of rotatable bonds is 2. The molecular weight excluding hydrogens is 230 g/mol. The van der Waals surface area contributed by atoms with Gasteiger partial charge in [-0.05, 0) is 17.2 Å². The number of hydrogen-bond acceptors (Lipinski definition) is 0. The summed E-state index contributed by atoms with van der Waals surface area (Å²) in [6.45, 7) is 0. The molecule has 1 unspecified atom stereocenters. The van der Waals surface area contributed by atoms with Gasteiger partial charge in [0.25, 0.3) is 0 Å². The lowest BCUT2D eigenvalue weighted by Gasteiger charge is -2.10. The van der Waals surface area contributed by atoms with Crippen molar-refractivity contribution in [2.24, 2.45) is 7.05 Å². The molecule has 2 aromatic carbocycles. The van der Waals surface area contributed by atoms with E-state index in [1.165, 1.54) is 22.0 Å². The molecule has 1 atom stereocenters. The van der Waals surface area contributed by atoms with Crippen molar-refractivity contribution in [2.75, 3.05) is 0 Å². The summed E-state index contributed by atoms with van der Waals surface area (Å²) in [5, 5.41) is 1.23. The predicted octanol–water partition coefficient (Wildman–Crippen LogP) is 3.94. The van der Waals surface area contributed by atoms with Crippen molar-refractivity contribution in [3.63, 3.8) is 0 Å². The van der Waals surface area contributed by atoms with Crippen LogP contribution in [0.25, 0.3) is 10.9 Å². The van der Waals surface area contributed by atoms with E-state index in [2.05, 4.69) is 60.1 Å². The van der Waals surface area contributed by atoms with Gasteiger partial charge in [-0.2, -0.15) is 0 Å². The fourth-order valence-electron chi connectivity index (χ4n) is 2.61. The number of terminal acetylenes is 1. The lowest BCUT2D eigenvalue weighted by Crippen LogP contribution is -1.97. The topological polar surface area (TPSA) is 4.93 Å². The highest BCUT2D eigenvalue weighted by Crippen LogP contribution is 2.31. The standard InChI is InChI=1S/C18H15N/c1-3-15(14-9-5-4-6-10-14)17-13-19(2)18-12-8-7-11-16(17)18/h1,4-13,15H,2H3. The Bertz CT molecular complexity index is 744. The normalized spacial score (nSPS) is 12.2. The lowest BCUT2D eigenvalue weighted by molar-refractivity contribution is 0.947.